The minimum atomic E-state index is -0.179. The fourth-order valence-electron chi connectivity index (χ4n) is 5.05. The molecule has 154 valence electrons. The molecule has 2 unspecified atom stereocenters. The summed E-state index contributed by atoms with van der Waals surface area (Å²) in [5, 5.41) is 15.4. The summed E-state index contributed by atoms with van der Waals surface area (Å²) in [5.41, 5.74) is 1.19. The first kappa shape index (κ1) is 18.7. The van der Waals surface area contributed by atoms with Gasteiger partial charge in [-0.1, -0.05) is 30.3 Å². The van der Waals surface area contributed by atoms with E-state index in [1.54, 1.807) is 0 Å². The molecule has 0 spiro atoms. The van der Waals surface area contributed by atoms with Crippen molar-refractivity contribution in [1.29, 1.82) is 0 Å². The predicted octanol–water partition coefficient (Wildman–Crippen LogP) is 2.38. The lowest BCUT2D eigenvalue weighted by atomic mass is 9.96. The standard InChI is InChI=1S/C23H29N3O3/c27-19-9-12-26(14-19)18-7-10-25(11-8-18)23(28)24-17-13-21-20-4-2-1-3-16(20)5-6-22(21)29-15-17/h1-6,17-19,27H,7-15H2,(H,24,28). The highest BCUT2D eigenvalue weighted by molar-refractivity contribution is 5.88. The largest absolute Gasteiger partial charge is 0.491 e. The van der Waals surface area contributed by atoms with Gasteiger partial charge in [-0.2, -0.15) is 0 Å². The van der Waals surface area contributed by atoms with Gasteiger partial charge in [-0.25, -0.2) is 4.79 Å². The third kappa shape index (κ3) is 3.79. The summed E-state index contributed by atoms with van der Waals surface area (Å²) in [4.78, 5) is 17.1. The molecule has 0 aromatic heterocycles. The number of nitrogens with zero attached hydrogens (tertiary/aromatic N) is 2. The van der Waals surface area contributed by atoms with Crippen LogP contribution in [-0.4, -0.2) is 71.9 Å². The van der Waals surface area contributed by atoms with Crippen molar-refractivity contribution in [2.24, 2.45) is 0 Å². The van der Waals surface area contributed by atoms with E-state index in [-0.39, 0.29) is 18.2 Å². The van der Waals surface area contributed by atoms with Crippen molar-refractivity contribution >= 4 is 16.8 Å². The van der Waals surface area contributed by atoms with Crippen molar-refractivity contribution in [2.45, 2.75) is 43.9 Å². The topological polar surface area (TPSA) is 65.0 Å². The minimum absolute atomic E-state index is 0.00717. The summed E-state index contributed by atoms with van der Waals surface area (Å²) >= 11 is 0. The van der Waals surface area contributed by atoms with Crippen molar-refractivity contribution in [1.82, 2.24) is 15.1 Å². The number of likely N-dealkylation sites (tertiary alicyclic amines) is 2. The molecule has 2 atom stereocenters. The van der Waals surface area contributed by atoms with Gasteiger partial charge in [0.1, 0.15) is 12.4 Å². The van der Waals surface area contributed by atoms with Crippen LogP contribution in [0.15, 0.2) is 36.4 Å². The number of urea groups is 1. The number of nitrogens with one attached hydrogen (secondary N) is 1. The lowest BCUT2D eigenvalue weighted by Crippen LogP contribution is -2.53. The molecule has 2 aromatic rings. The first-order chi connectivity index (χ1) is 14.2. The minimum Gasteiger partial charge on any atom is -0.491 e. The predicted molar refractivity (Wildman–Crippen MR) is 112 cm³/mol. The number of aliphatic hydroxyl groups is 1. The van der Waals surface area contributed by atoms with Crippen LogP contribution in [0.3, 0.4) is 0 Å². The van der Waals surface area contributed by atoms with E-state index in [9.17, 15) is 9.90 Å². The number of rotatable bonds is 2. The number of amides is 2. The van der Waals surface area contributed by atoms with Gasteiger partial charge in [-0.05, 0) is 36.1 Å². The molecule has 2 amide bonds. The van der Waals surface area contributed by atoms with E-state index < -0.39 is 0 Å². The maximum absolute atomic E-state index is 12.8. The molecule has 0 radical (unpaired) electrons. The molecule has 6 heteroatoms. The van der Waals surface area contributed by atoms with Gasteiger partial charge < -0.3 is 20.1 Å². The first-order valence-corrected chi connectivity index (χ1v) is 10.8. The molecule has 2 saturated heterocycles. The van der Waals surface area contributed by atoms with Crippen LogP contribution in [0, 0.1) is 0 Å². The molecule has 6 nitrogen and oxygen atoms in total. The summed E-state index contributed by atoms with van der Waals surface area (Å²) < 4.78 is 5.96. The van der Waals surface area contributed by atoms with Gasteiger partial charge in [0.15, 0.2) is 0 Å². The highest BCUT2D eigenvalue weighted by Gasteiger charge is 2.32. The van der Waals surface area contributed by atoms with E-state index >= 15 is 0 Å². The van der Waals surface area contributed by atoms with E-state index in [1.807, 2.05) is 23.1 Å². The number of fused-ring (bicyclic) bond motifs is 3. The molecule has 3 aliphatic heterocycles. The Balaban J connectivity index is 1.19. The van der Waals surface area contributed by atoms with Crippen LogP contribution in [0.2, 0.25) is 0 Å². The van der Waals surface area contributed by atoms with Gasteiger partial charge >= 0.3 is 6.03 Å². The zero-order valence-electron chi connectivity index (χ0n) is 16.7. The van der Waals surface area contributed by atoms with Crippen molar-refractivity contribution in [3.8, 4) is 5.75 Å². The van der Waals surface area contributed by atoms with Crippen molar-refractivity contribution < 1.29 is 14.6 Å². The fourth-order valence-corrected chi connectivity index (χ4v) is 5.05. The zero-order valence-corrected chi connectivity index (χ0v) is 16.7. The molecule has 0 aliphatic carbocycles. The molecule has 2 N–H and O–H groups in total. The Labute approximate surface area is 171 Å². The summed E-state index contributed by atoms with van der Waals surface area (Å²) in [7, 11) is 0. The normalized spacial score (nSPS) is 25.6. The second-order valence-corrected chi connectivity index (χ2v) is 8.58. The highest BCUT2D eigenvalue weighted by atomic mass is 16.5. The number of carbonyl (C=O) groups excluding carboxylic acids is 1. The summed E-state index contributed by atoms with van der Waals surface area (Å²) in [6, 6.07) is 13.0. The Morgan fingerprint density at radius 3 is 2.69 bits per heavy atom. The summed E-state index contributed by atoms with van der Waals surface area (Å²) in [5.74, 6) is 0.933. The third-order valence-corrected chi connectivity index (χ3v) is 6.68. The lowest BCUT2D eigenvalue weighted by molar-refractivity contribution is 0.113. The van der Waals surface area contributed by atoms with Crippen LogP contribution in [0.4, 0.5) is 4.79 Å². The molecule has 5 rings (SSSR count). The van der Waals surface area contributed by atoms with Gasteiger partial charge in [0.05, 0.1) is 12.1 Å². The Kier molecular flexibility index (Phi) is 5.06. The monoisotopic (exact) mass is 395 g/mol. The molecule has 2 aromatic carbocycles. The number of β-amino-alcohol motifs (C(OH)–C–C–N with tert-alkyl or cyclic N) is 1. The quantitative estimate of drug-likeness (QED) is 0.820. The number of carbonyl (C=O) groups is 1. The average Bonchev–Trinajstić information content (AvgIpc) is 3.20. The number of piperidine rings is 1. The maximum Gasteiger partial charge on any atom is 0.317 e. The molecule has 3 heterocycles. The third-order valence-electron chi connectivity index (χ3n) is 6.68. The van der Waals surface area contributed by atoms with Crippen LogP contribution >= 0.6 is 0 Å². The Morgan fingerprint density at radius 2 is 1.90 bits per heavy atom. The van der Waals surface area contributed by atoms with Crippen LogP contribution in [0.1, 0.15) is 24.8 Å². The first-order valence-electron chi connectivity index (χ1n) is 10.8. The van der Waals surface area contributed by atoms with Crippen LogP contribution in [0.5, 0.6) is 5.75 Å². The Bertz CT molecular complexity index is 894. The SMILES string of the molecule is O=C(NC1COc2ccc3ccccc3c2C1)N1CCC(N2CCC(O)C2)CC1. The van der Waals surface area contributed by atoms with E-state index in [1.165, 1.54) is 16.3 Å². The van der Waals surface area contributed by atoms with Crippen molar-refractivity contribution in [3.05, 3.63) is 42.0 Å². The van der Waals surface area contributed by atoms with Crippen LogP contribution in [-0.2, 0) is 6.42 Å². The molecule has 0 bridgehead atoms. The van der Waals surface area contributed by atoms with Crippen LogP contribution in [0.25, 0.3) is 10.8 Å². The highest BCUT2D eigenvalue weighted by Crippen LogP contribution is 2.32. The van der Waals surface area contributed by atoms with Crippen molar-refractivity contribution in [2.75, 3.05) is 32.8 Å². The average molecular weight is 396 g/mol. The van der Waals surface area contributed by atoms with E-state index in [4.69, 9.17) is 4.74 Å². The summed E-state index contributed by atoms with van der Waals surface area (Å²) in [6.45, 7) is 3.82. The number of hydrogen-bond acceptors (Lipinski definition) is 4. The summed E-state index contributed by atoms with van der Waals surface area (Å²) in [6.07, 6.45) is 3.45. The number of aliphatic hydroxyl groups excluding tert-OH is 1. The van der Waals surface area contributed by atoms with Gasteiger partial charge in [0, 0.05) is 44.2 Å². The zero-order chi connectivity index (χ0) is 19.8. The molecular weight excluding hydrogens is 366 g/mol. The van der Waals surface area contributed by atoms with Gasteiger partial charge in [-0.3, -0.25) is 4.90 Å². The number of benzene rings is 2. The second-order valence-electron chi connectivity index (χ2n) is 8.58. The van der Waals surface area contributed by atoms with E-state index in [2.05, 4.69) is 28.4 Å². The number of hydrogen-bond donors (Lipinski definition) is 2. The maximum atomic E-state index is 12.8. The Morgan fingerprint density at radius 1 is 1.07 bits per heavy atom. The van der Waals surface area contributed by atoms with Gasteiger partial charge in [0.2, 0.25) is 0 Å². The van der Waals surface area contributed by atoms with Gasteiger partial charge in [0.25, 0.3) is 0 Å². The van der Waals surface area contributed by atoms with Crippen molar-refractivity contribution in [3.63, 3.8) is 0 Å². The molecule has 29 heavy (non-hydrogen) atoms. The molecular formula is C23H29N3O3. The Hall–Kier alpha value is -2.31. The van der Waals surface area contributed by atoms with E-state index in [0.29, 0.717) is 12.6 Å². The fraction of sp³-hybridized carbons (Fsp3) is 0.522. The number of ether oxygens (including phenoxy) is 1. The van der Waals surface area contributed by atoms with Gasteiger partial charge in [-0.15, -0.1) is 0 Å². The molecule has 2 fully saturated rings. The lowest BCUT2D eigenvalue weighted by Gasteiger charge is -2.37. The molecule has 3 aliphatic rings. The molecule has 0 saturated carbocycles. The van der Waals surface area contributed by atoms with E-state index in [0.717, 1.165) is 57.6 Å². The van der Waals surface area contributed by atoms with Crippen LogP contribution < -0.4 is 10.1 Å². The smallest absolute Gasteiger partial charge is 0.317 e. The second kappa shape index (κ2) is 7.84.